The van der Waals surface area contributed by atoms with Gasteiger partial charge in [-0.05, 0) is 19.3 Å². The molecule has 1 saturated heterocycles. The van der Waals surface area contributed by atoms with E-state index in [9.17, 15) is 19.8 Å². The number of amides is 2. The summed E-state index contributed by atoms with van der Waals surface area (Å²) in [4.78, 5) is 27.9. The lowest BCUT2D eigenvalue weighted by Gasteiger charge is -2.15. The summed E-state index contributed by atoms with van der Waals surface area (Å²) in [7, 11) is 0. The number of carbonyl (C=O) groups is 2. The third kappa shape index (κ3) is 3.09. The Morgan fingerprint density at radius 2 is 2.05 bits per heavy atom. The standard InChI is InChI=1S/C11H15N3O5/c15-8-4-5-9(16)14(8)19-11(18)13-7-3-1-2-6-12-10(7)17/h4-5,7,15-16H,1-3,6H2,(H,12,17)(H,13,18)/t7-/m0/s1. The van der Waals surface area contributed by atoms with Crippen molar-refractivity contribution in [2.45, 2.75) is 25.3 Å². The smallest absolute Gasteiger partial charge is 0.432 e. The molecule has 0 aliphatic carbocycles. The summed E-state index contributed by atoms with van der Waals surface area (Å²) < 4.78 is 0.559. The lowest BCUT2D eigenvalue weighted by Crippen LogP contribution is -2.47. The van der Waals surface area contributed by atoms with E-state index in [0.717, 1.165) is 12.8 Å². The summed E-state index contributed by atoms with van der Waals surface area (Å²) in [5.74, 6) is -1.11. The normalized spacial score (nSPS) is 19.4. The van der Waals surface area contributed by atoms with Crippen molar-refractivity contribution < 1.29 is 24.6 Å². The largest absolute Gasteiger partial charge is 0.492 e. The fraction of sp³-hybridized carbons (Fsp3) is 0.455. The minimum Gasteiger partial charge on any atom is -0.492 e. The first kappa shape index (κ1) is 13.1. The minimum atomic E-state index is -0.927. The highest BCUT2D eigenvalue weighted by molar-refractivity contribution is 5.85. The second-order valence-corrected chi connectivity index (χ2v) is 4.21. The Labute approximate surface area is 108 Å². The van der Waals surface area contributed by atoms with E-state index in [1.54, 1.807) is 0 Å². The summed E-state index contributed by atoms with van der Waals surface area (Å²) in [5.41, 5.74) is 0. The second-order valence-electron chi connectivity index (χ2n) is 4.21. The van der Waals surface area contributed by atoms with Crippen molar-refractivity contribution in [1.29, 1.82) is 0 Å². The van der Waals surface area contributed by atoms with Gasteiger partial charge in [-0.3, -0.25) is 4.79 Å². The zero-order chi connectivity index (χ0) is 13.8. The average Bonchev–Trinajstić information content (AvgIpc) is 2.57. The average molecular weight is 269 g/mol. The van der Waals surface area contributed by atoms with Crippen LogP contribution in [0.5, 0.6) is 11.8 Å². The number of nitrogens with zero attached hydrogens (tertiary/aromatic N) is 1. The number of aromatic nitrogens is 1. The maximum atomic E-state index is 11.6. The molecule has 0 bridgehead atoms. The topological polar surface area (TPSA) is 113 Å². The van der Waals surface area contributed by atoms with Gasteiger partial charge in [-0.1, -0.05) is 0 Å². The van der Waals surface area contributed by atoms with Crippen molar-refractivity contribution in [3.63, 3.8) is 0 Å². The van der Waals surface area contributed by atoms with E-state index in [1.807, 2.05) is 0 Å². The molecule has 0 radical (unpaired) electrons. The Kier molecular flexibility index (Phi) is 3.79. The van der Waals surface area contributed by atoms with Gasteiger partial charge in [0, 0.05) is 18.7 Å². The van der Waals surface area contributed by atoms with E-state index in [2.05, 4.69) is 10.6 Å². The van der Waals surface area contributed by atoms with Crippen LogP contribution >= 0.6 is 0 Å². The minimum absolute atomic E-state index is 0.268. The van der Waals surface area contributed by atoms with Crippen molar-refractivity contribution in [2.24, 2.45) is 0 Å². The number of hydrogen-bond donors (Lipinski definition) is 4. The molecule has 8 nitrogen and oxygen atoms in total. The Morgan fingerprint density at radius 1 is 1.37 bits per heavy atom. The van der Waals surface area contributed by atoms with Gasteiger partial charge < -0.3 is 25.7 Å². The molecule has 1 aliphatic rings. The van der Waals surface area contributed by atoms with Gasteiger partial charge in [-0.15, -0.1) is 4.73 Å². The third-order valence-electron chi connectivity index (χ3n) is 2.80. The van der Waals surface area contributed by atoms with E-state index in [0.29, 0.717) is 17.7 Å². The van der Waals surface area contributed by atoms with Crippen molar-refractivity contribution in [3.8, 4) is 11.8 Å². The first-order valence-corrected chi connectivity index (χ1v) is 5.94. The quantitative estimate of drug-likeness (QED) is 0.589. The van der Waals surface area contributed by atoms with Crippen LogP contribution in [0.3, 0.4) is 0 Å². The molecule has 0 saturated carbocycles. The Hall–Kier alpha value is -2.38. The molecule has 1 aromatic rings. The van der Waals surface area contributed by atoms with Crippen LogP contribution in [0, 0.1) is 0 Å². The fourth-order valence-corrected chi connectivity index (χ4v) is 1.82. The maximum absolute atomic E-state index is 11.6. The highest BCUT2D eigenvalue weighted by Gasteiger charge is 2.24. The predicted octanol–water partition coefficient (Wildman–Crippen LogP) is -0.294. The number of nitrogens with one attached hydrogen (secondary N) is 2. The summed E-state index contributed by atoms with van der Waals surface area (Å²) in [6.45, 7) is 0.589. The molecular formula is C11H15N3O5. The van der Waals surface area contributed by atoms with E-state index in [4.69, 9.17) is 4.84 Å². The Balaban J connectivity index is 1.95. The molecule has 1 aliphatic heterocycles. The molecule has 0 spiro atoms. The zero-order valence-electron chi connectivity index (χ0n) is 10.1. The molecule has 8 heteroatoms. The SMILES string of the molecule is O=C(N[C@H]1CCCCNC1=O)On1c(O)ccc1O. The number of aromatic hydroxyl groups is 2. The van der Waals surface area contributed by atoms with Crippen LogP contribution in [0.2, 0.25) is 0 Å². The lowest BCUT2D eigenvalue weighted by atomic mass is 10.1. The van der Waals surface area contributed by atoms with Gasteiger partial charge >= 0.3 is 6.09 Å². The van der Waals surface area contributed by atoms with Crippen LogP contribution in [0.15, 0.2) is 12.1 Å². The number of hydrogen-bond acceptors (Lipinski definition) is 5. The summed E-state index contributed by atoms with van der Waals surface area (Å²) in [5, 5.41) is 23.7. The van der Waals surface area contributed by atoms with Gasteiger partial charge in [0.1, 0.15) is 6.04 Å². The lowest BCUT2D eigenvalue weighted by molar-refractivity contribution is -0.122. The molecule has 0 unspecified atom stereocenters. The molecule has 19 heavy (non-hydrogen) atoms. The first-order valence-electron chi connectivity index (χ1n) is 5.94. The number of carbonyl (C=O) groups excluding carboxylic acids is 2. The van der Waals surface area contributed by atoms with Crippen LogP contribution in [0.1, 0.15) is 19.3 Å². The van der Waals surface area contributed by atoms with Crippen molar-refractivity contribution in [2.75, 3.05) is 6.54 Å². The predicted molar refractivity (Wildman–Crippen MR) is 63.5 cm³/mol. The molecule has 0 aromatic carbocycles. The van der Waals surface area contributed by atoms with E-state index >= 15 is 0 Å². The van der Waals surface area contributed by atoms with Crippen molar-refractivity contribution in [3.05, 3.63) is 12.1 Å². The fourth-order valence-electron chi connectivity index (χ4n) is 1.82. The van der Waals surface area contributed by atoms with E-state index in [-0.39, 0.29) is 5.91 Å². The van der Waals surface area contributed by atoms with Crippen molar-refractivity contribution in [1.82, 2.24) is 15.4 Å². The van der Waals surface area contributed by atoms with Gasteiger partial charge in [0.05, 0.1) is 0 Å². The molecule has 2 heterocycles. The van der Waals surface area contributed by atoms with Gasteiger partial charge in [0.2, 0.25) is 17.7 Å². The van der Waals surface area contributed by atoms with Gasteiger partial charge in [-0.25, -0.2) is 4.79 Å². The van der Waals surface area contributed by atoms with Crippen LogP contribution in [0.25, 0.3) is 0 Å². The third-order valence-corrected chi connectivity index (χ3v) is 2.80. The molecular weight excluding hydrogens is 254 g/mol. The molecule has 1 aromatic heterocycles. The molecule has 2 rings (SSSR count). The van der Waals surface area contributed by atoms with Gasteiger partial charge in [-0.2, -0.15) is 0 Å². The molecule has 4 N–H and O–H groups in total. The van der Waals surface area contributed by atoms with Gasteiger partial charge in [0.15, 0.2) is 0 Å². The van der Waals surface area contributed by atoms with Crippen molar-refractivity contribution >= 4 is 12.0 Å². The summed E-state index contributed by atoms with van der Waals surface area (Å²) in [6.07, 6.45) is 1.26. The molecule has 104 valence electrons. The summed E-state index contributed by atoms with van der Waals surface area (Å²) in [6, 6.07) is 1.66. The second kappa shape index (κ2) is 5.51. The molecule has 1 atom stereocenters. The van der Waals surface area contributed by atoms with E-state index < -0.39 is 23.9 Å². The Morgan fingerprint density at radius 3 is 2.74 bits per heavy atom. The molecule has 2 amide bonds. The first-order chi connectivity index (χ1) is 9.08. The summed E-state index contributed by atoms with van der Waals surface area (Å²) >= 11 is 0. The highest BCUT2D eigenvalue weighted by atomic mass is 16.7. The Bertz CT molecular complexity index is 465. The zero-order valence-corrected chi connectivity index (χ0v) is 10.1. The van der Waals surface area contributed by atoms with Crippen LogP contribution in [-0.2, 0) is 4.79 Å². The maximum Gasteiger partial charge on any atom is 0.432 e. The monoisotopic (exact) mass is 269 g/mol. The van der Waals surface area contributed by atoms with Crippen LogP contribution < -0.4 is 15.5 Å². The van der Waals surface area contributed by atoms with Crippen LogP contribution in [-0.4, -0.2) is 39.5 Å². The van der Waals surface area contributed by atoms with Gasteiger partial charge in [0.25, 0.3) is 0 Å². The highest BCUT2D eigenvalue weighted by Crippen LogP contribution is 2.18. The van der Waals surface area contributed by atoms with E-state index in [1.165, 1.54) is 12.1 Å². The molecule has 1 fully saturated rings. The van der Waals surface area contributed by atoms with Crippen LogP contribution in [0.4, 0.5) is 4.79 Å². The number of rotatable bonds is 2.